The predicted octanol–water partition coefficient (Wildman–Crippen LogP) is 0.974. The van der Waals surface area contributed by atoms with Gasteiger partial charge in [-0.2, -0.15) is 0 Å². The van der Waals surface area contributed by atoms with Gasteiger partial charge in [-0.1, -0.05) is 0 Å². The van der Waals surface area contributed by atoms with Crippen molar-refractivity contribution < 1.29 is 14.3 Å². The number of esters is 1. The number of rotatable bonds is 3. The van der Waals surface area contributed by atoms with E-state index in [0.29, 0.717) is 0 Å². The van der Waals surface area contributed by atoms with Crippen molar-refractivity contribution in [2.45, 2.75) is 26.4 Å². The van der Waals surface area contributed by atoms with Gasteiger partial charge in [-0.3, -0.25) is 4.79 Å². The van der Waals surface area contributed by atoms with Crippen LogP contribution in [-0.4, -0.2) is 25.8 Å². The number of methoxy groups -OCH3 is 1. The van der Waals surface area contributed by atoms with Crippen LogP contribution in [0.4, 0.5) is 0 Å². The molecular weight excluding hydrogens is 144 g/mol. The summed E-state index contributed by atoms with van der Waals surface area (Å²) >= 11 is 0. The normalized spacial score (nSPS) is 23.0. The lowest BCUT2D eigenvalue weighted by molar-refractivity contribution is -0.151. The summed E-state index contributed by atoms with van der Waals surface area (Å²) in [7, 11) is 1.41. The highest BCUT2D eigenvalue weighted by molar-refractivity contribution is 5.75. The van der Waals surface area contributed by atoms with Gasteiger partial charge in [-0.15, -0.1) is 0 Å². The van der Waals surface area contributed by atoms with E-state index in [1.54, 1.807) is 0 Å². The van der Waals surface area contributed by atoms with Gasteiger partial charge in [0.2, 0.25) is 0 Å². The SMILES string of the molecule is COC(=O)C(C)(C)C[C@H]1CO1. The first-order valence-electron chi connectivity index (χ1n) is 3.76. The van der Waals surface area contributed by atoms with E-state index in [1.165, 1.54) is 7.11 Å². The van der Waals surface area contributed by atoms with E-state index < -0.39 is 5.41 Å². The van der Waals surface area contributed by atoms with Gasteiger partial charge in [0.1, 0.15) is 0 Å². The highest BCUT2D eigenvalue weighted by Gasteiger charge is 2.36. The van der Waals surface area contributed by atoms with Crippen molar-refractivity contribution in [2.75, 3.05) is 13.7 Å². The van der Waals surface area contributed by atoms with Crippen LogP contribution in [0.3, 0.4) is 0 Å². The van der Waals surface area contributed by atoms with E-state index in [4.69, 9.17) is 4.74 Å². The van der Waals surface area contributed by atoms with Gasteiger partial charge in [0.25, 0.3) is 0 Å². The van der Waals surface area contributed by atoms with Crippen molar-refractivity contribution in [2.24, 2.45) is 5.41 Å². The summed E-state index contributed by atoms with van der Waals surface area (Å²) in [5.41, 5.74) is -0.393. The van der Waals surface area contributed by atoms with Crippen LogP contribution >= 0.6 is 0 Å². The highest BCUT2D eigenvalue weighted by atomic mass is 16.6. The molecule has 3 nitrogen and oxygen atoms in total. The van der Waals surface area contributed by atoms with Crippen molar-refractivity contribution in [3.63, 3.8) is 0 Å². The molecule has 3 heteroatoms. The summed E-state index contributed by atoms with van der Waals surface area (Å²) in [5, 5.41) is 0. The molecule has 0 saturated carbocycles. The molecule has 0 aromatic heterocycles. The molecule has 0 unspecified atom stereocenters. The van der Waals surface area contributed by atoms with Crippen LogP contribution in [0, 0.1) is 5.41 Å². The summed E-state index contributed by atoms with van der Waals surface area (Å²) in [6.07, 6.45) is 1.05. The molecule has 1 heterocycles. The zero-order valence-corrected chi connectivity index (χ0v) is 7.22. The first-order chi connectivity index (χ1) is 5.06. The van der Waals surface area contributed by atoms with Crippen LogP contribution in [0.15, 0.2) is 0 Å². The number of ether oxygens (including phenoxy) is 2. The lowest BCUT2D eigenvalue weighted by atomic mass is 9.88. The molecule has 1 atom stereocenters. The van der Waals surface area contributed by atoms with Crippen LogP contribution in [0.5, 0.6) is 0 Å². The van der Waals surface area contributed by atoms with Gasteiger partial charge in [0.15, 0.2) is 0 Å². The largest absolute Gasteiger partial charge is 0.469 e. The van der Waals surface area contributed by atoms with Crippen molar-refractivity contribution in [1.29, 1.82) is 0 Å². The zero-order chi connectivity index (χ0) is 8.48. The van der Waals surface area contributed by atoms with Crippen LogP contribution in [0.1, 0.15) is 20.3 Å². The Labute approximate surface area is 66.7 Å². The molecule has 0 aliphatic carbocycles. The summed E-state index contributed by atoms with van der Waals surface area (Å²) in [6, 6.07) is 0. The number of hydrogen-bond donors (Lipinski definition) is 0. The Balaban J connectivity index is 2.42. The number of carbonyl (C=O) groups excluding carboxylic acids is 1. The molecule has 0 amide bonds. The number of epoxide rings is 1. The minimum Gasteiger partial charge on any atom is -0.469 e. The first-order valence-corrected chi connectivity index (χ1v) is 3.76. The van der Waals surface area contributed by atoms with Gasteiger partial charge in [0.05, 0.1) is 25.2 Å². The van der Waals surface area contributed by atoms with E-state index in [9.17, 15) is 4.79 Å². The van der Waals surface area contributed by atoms with Crippen LogP contribution in [-0.2, 0) is 14.3 Å². The van der Waals surface area contributed by atoms with E-state index >= 15 is 0 Å². The third kappa shape index (κ3) is 2.19. The monoisotopic (exact) mass is 158 g/mol. The predicted molar refractivity (Wildman–Crippen MR) is 40.2 cm³/mol. The second-order valence-electron chi connectivity index (χ2n) is 3.53. The Kier molecular flexibility index (Phi) is 2.18. The Morgan fingerprint density at radius 1 is 1.73 bits per heavy atom. The van der Waals surface area contributed by atoms with Crippen LogP contribution in [0.2, 0.25) is 0 Å². The summed E-state index contributed by atoms with van der Waals surface area (Å²) in [6.45, 7) is 4.54. The topological polar surface area (TPSA) is 38.8 Å². The van der Waals surface area contributed by atoms with Crippen LogP contribution in [0.25, 0.3) is 0 Å². The smallest absolute Gasteiger partial charge is 0.311 e. The molecule has 11 heavy (non-hydrogen) atoms. The van der Waals surface area contributed by atoms with Crippen molar-refractivity contribution in [3.8, 4) is 0 Å². The molecule has 0 spiro atoms. The second-order valence-corrected chi connectivity index (χ2v) is 3.53. The maximum Gasteiger partial charge on any atom is 0.311 e. The average molecular weight is 158 g/mol. The number of hydrogen-bond acceptors (Lipinski definition) is 3. The molecule has 1 aliphatic rings. The fourth-order valence-electron chi connectivity index (χ4n) is 1.11. The molecule has 0 N–H and O–H groups in total. The first kappa shape index (κ1) is 8.53. The van der Waals surface area contributed by atoms with Crippen molar-refractivity contribution >= 4 is 5.97 Å². The highest BCUT2D eigenvalue weighted by Crippen LogP contribution is 2.29. The molecule has 0 aromatic carbocycles. The molecule has 0 radical (unpaired) electrons. The molecule has 1 rings (SSSR count). The van der Waals surface area contributed by atoms with Crippen LogP contribution < -0.4 is 0 Å². The Bertz CT molecular complexity index is 159. The molecular formula is C8H14O3. The lowest BCUT2D eigenvalue weighted by Crippen LogP contribution is -2.27. The molecule has 0 aromatic rings. The quantitative estimate of drug-likeness (QED) is 0.454. The fraction of sp³-hybridized carbons (Fsp3) is 0.875. The summed E-state index contributed by atoms with van der Waals surface area (Å²) in [4.78, 5) is 11.1. The molecule has 1 saturated heterocycles. The second kappa shape index (κ2) is 2.81. The average Bonchev–Trinajstić information content (AvgIpc) is 2.69. The molecule has 1 fully saturated rings. The maximum atomic E-state index is 11.1. The lowest BCUT2D eigenvalue weighted by Gasteiger charge is -2.19. The maximum absolute atomic E-state index is 11.1. The number of carbonyl (C=O) groups is 1. The molecule has 1 aliphatic heterocycles. The standard InChI is InChI=1S/C8H14O3/c1-8(2,7(9)10-3)4-6-5-11-6/h6H,4-5H2,1-3H3/t6-/m0/s1. The van der Waals surface area contributed by atoms with E-state index in [2.05, 4.69) is 4.74 Å². The molecule has 0 bridgehead atoms. The third-order valence-electron chi connectivity index (χ3n) is 1.88. The third-order valence-corrected chi connectivity index (χ3v) is 1.88. The Morgan fingerprint density at radius 2 is 2.27 bits per heavy atom. The molecule has 64 valence electrons. The minimum absolute atomic E-state index is 0.159. The van der Waals surface area contributed by atoms with E-state index in [0.717, 1.165) is 13.0 Å². The van der Waals surface area contributed by atoms with E-state index in [1.807, 2.05) is 13.8 Å². The van der Waals surface area contributed by atoms with Gasteiger partial charge in [-0.05, 0) is 20.3 Å². The Hall–Kier alpha value is -0.570. The van der Waals surface area contributed by atoms with Gasteiger partial charge >= 0.3 is 5.97 Å². The van der Waals surface area contributed by atoms with Crippen molar-refractivity contribution in [3.05, 3.63) is 0 Å². The van der Waals surface area contributed by atoms with Gasteiger partial charge in [0, 0.05) is 0 Å². The summed E-state index contributed by atoms with van der Waals surface area (Å²) < 4.78 is 9.68. The zero-order valence-electron chi connectivity index (χ0n) is 7.22. The Morgan fingerprint density at radius 3 is 2.64 bits per heavy atom. The minimum atomic E-state index is -0.393. The fourth-order valence-corrected chi connectivity index (χ4v) is 1.11. The van der Waals surface area contributed by atoms with Gasteiger partial charge in [-0.25, -0.2) is 0 Å². The van der Waals surface area contributed by atoms with Crippen molar-refractivity contribution in [1.82, 2.24) is 0 Å². The van der Waals surface area contributed by atoms with Gasteiger partial charge < -0.3 is 9.47 Å². The summed E-state index contributed by atoms with van der Waals surface area (Å²) in [5.74, 6) is -0.159. The van der Waals surface area contributed by atoms with E-state index in [-0.39, 0.29) is 12.1 Å².